The summed E-state index contributed by atoms with van der Waals surface area (Å²) in [5.74, 6) is 0.118. The highest BCUT2D eigenvalue weighted by Crippen LogP contribution is 2.33. The SMILES string of the molecule is CC(N)COc1cc(OCCO[N+](=O)[O-])ccc1OCC(F)(F)F. The van der Waals surface area contributed by atoms with Gasteiger partial charge in [0.1, 0.15) is 25.6 Å². The third kappa shape index (κ3) is 8.27. The summed E-state index contributed by atoms with van der Waals surface area (Å²) in [6.45, 7) is -0.188. The Morgan fingerprint density at radius 2 is 1.92 bits per heavy atom. The summed E-state index contributed by atoms with van der Waals surface area (Å²) in [6, 6.07) is 3.54. The Bertz CT molecular complexity index is 539. The van der Waals surface area contributed by atoms with Crippen molar-refractivity contribution in [1.82, 2.24) is 0 Å². The van der Waals surface area contributed by atoms with Crippen molar-refractivity contribution < 1.29 is 37.3 Å². The smallest absolute Gasteiger partial charge is 0.422 e. The van der Waals surface area contributed by atoms with E-state index in [1.807, 2.05) is 0 Å². The van der Waals surface area contributed by atoms with E-state index in [4.69, 9.17) is 15.2 Å². The monoisotopic (exact) mass is 354 g/mol. The summed E-state index contributed by atoms with van der Waals surface area (Å²) < 4.78 is 52.0. The van der Waals surface area contributed by atoms with E-state index in [0.29, 0.717) is 0 Å². The fraction of sp³-hybridized carbons (Fsp3) is 0.538. The van der Waals surface area contributed by atoms with Gasteiger partial charge in [-0.05, 0) is 19.1 Å². The second-order valence-corrected chi connectivity index (χ2v) is 4.71. The quantitative estimate of drug-likeness (QED) is 0.389. The van der Waals surface area contributed by atoms with Crippen molar-refractivity contribution in [1.29, 1.82) is 0 Å². The first kappa shape index (κ1) is 19.6. The highest BCUT2D eigenvalue weighted by Gasteiger charge is 2.29. The molecule has 0 amide bonds. The Morgan fingerprint density at radius 3 is 2.50 bits per heavy atom. The first-order valence-corrected chi connectivity index (χ1v) is 6.79. The van der Waals surface area contributed by atoms with Crippen molar-refractivity contribution in [2.45, 2.75) is 19.1 Å². The van der Waals surface area contributed by atoms with Crippen molar-refractivity contribution in [3.8, 4) is 17.2 Å². The molecule has 0 aliphatic rings. The summed E-state index contributed by atoms with van der Waals surface area (Å²) in [5.41, 5.74) is 5.54. The average molecular weight is 354 g/mol. The minimum absolute atomic E-state index is 0.0178. The van der Waals surface area contributed by atoms with Crippen molar-refractivity contribution in [2.24, 2.45) is 5.73 Å². The van der Waals surface area contributed by atoms with Gasteiger partial charge in [0.25, 0.3) is 5.09 Å². The zero-order valence-electron chi connectivity index (χ0n) is 12.7. The van der Waals surface area contributed by atoms with Crippen LogP contribution in [0.25, 0.3) is 0 Å². The summed E-state index contributed by atoms with van der Waals surface area (Å²) in [5, 5.41) is 9.04. The normalized spacial score (nSPS) is 12.4. The predicted molar refractivity (Wildman–Crippen MR) is 75.6 cm³/mol. The van der Waals surface area contributed by atoms with Crippen LogP contribution in [0, 0.1) is 10.1 Å². The third-order valence-corrected chi connectivity index (χ3v) is 2.36. The van der Waals surface area contributed by atoms with Gasteiger partial charge in [0.15, 0.2) is 18.1 Å². The molecule has 1 unspecified atom stereocenters. The molecule has 0 aromatic heterocycles. The molecular formula is C13H17F3N2O6. The molecule has 1 rings (SSSR count). The van der Waals surface area contributed by atoms with E-state index in [9.17, 15) is 23.3 Å². The van der Waals surface area contributed by atoms with Gasteiger partial charge in [-0.15, -0.1) is 10.1 Å². The maximum absolute atomic E-state index is 12.3. The molecule has 8 nitrogen and oxygen atoms in total. The number of hydrogen-bond acceptors (Lipinski definition) is 7. The molecule has 136 valence electrons. The molecule has 0 radical (unpaired) electrons. The van der Waals surface area contributed by atoms with Crippen molar-refractivity contribution in [3.63, 3.8) is 0 Å². The van der Waals surface area contributed by atoms with E-state index in [1.54, 1.807) is 6.92 Å². The van der Waals surface area contributed by atoms with E-state index in [0.717, 1.165) is 0 Å². The van der Waals surface area contributed by atoms with E-state index in [-0.39, 0.29) is 43.1 Å². The molecule has 0 spiro atoms. The Kier molecular flexibility index (Phi) is 7.36. The number of alkyl halides is 3. The van der Waals surface area contributed by atoms with Crippen LogP contribution in [-0.4, -0.2) is 43.7 Å². The summed E-state index contributed by atoms with van der Waals surface area (Å²) in [7, 11) is 0. The minimum Gasteiger partial charge on any atom is -0.491 e. The van der Waals surface area contributed by atoms with Crippen LogP contribution in [0.1, 0.15) is 6.92 Å². The summed E-state index contributed by atoms with van der Waals surface area (Å²) in [6.07, 6.45) is -4.49. The van der Waals surface area contributed by atoms with Gasteiger partial charge in [0.05, 0.1) is 0 Å². The number of hydrogen-bond donors (Lipinski definition) is 1. The molecule has 0 saturated carbocycles. The van der Waals surface area contributed by atoms with Crippen molar-refractivity contribution in [2.75, 3.05) is 26.4 Å². The maximum Gasteiger partial charge on any atom is 0.422 e. The van der Waals surface area contributed by atoms with Crippen LogP contribution in [0.3, 0.4) is 0 Å². The number of halogens is 3. The first-order valence-electron chi connectivity index (χ1n) is 6.79. The molecule has 0 aliphatic carbocycles. The second-order valence-electron chi connectivity index (χ2n) is 4.71. The zero-order valence-corrected chi connectivity index (χ0v) is 12.7. The number of nitrogens with zero attached hydrogens (tertiary/aromatic N) is 1. The van der Waals surface area contributed by atoms with Gasteiger partial charge >= 0.3 is 6.18 Å². The van der Waals surface area contributed by atoms with Gasteiger partial charge in [-0.2, -0.15) is 13.2 Å². The van der Waals surface area contributed by atoms with Crippen LogP contribution in [0.2, 0.25) is 0 Å². The lowest BCUT2D eigenvalue weighted by Crippen LogP contribution is -2.24. The average Bonchev–Trinajstić information content (AvgIpc) is 2.47. The largest absolute Gasteiger partial charge is 0.491 e. The van der Waals surface area contributed by atoms with Gasteiger partial charge in [-0.1, -0.05) is 0 Å². The van der Waals surface area contributed by atoms with Crippen LogP contribution < -0.4 is 19.9 Å². The number of benzene rings is 1. The first-order chi connectivity index (χ1) is 11.2. The molecule has 0 bridgehead atoms. The molecular weight excluding hydrogens is 337 g/mol. The number of nitrogens with two attached hydrogens (primary N) is 1. The third-order valence-electron chi connectivity index (χ3n) is 2.36. The molecule has 11 heteroatoms. The highest BCUT2D eigenvalue weighted by atomic mass is 19.4. The highest BCUT2D eigenvalue weighted by molar-refractivity contribution is 5.45. The van der Waals surface area contributed by atoms with Crippen LogP contribution in [0.5, 0.6) is 17.2 Å². The molecule has 1 atom stereocenters. The molecule has 1 aromatic rings. The van der Waals surface area contributed by atoms with E-state index in [1.165, 1.54) is 18.2 Å². The molecule has 24 heavy (non-hydrogen) atoms. The lowest BCUT2D eigenvalue weighted by Gasteiger charge is -2.16. The number of ether oxygens (including phenoxy) is 3. The van der Waals surface area contributed by atoms with Crippen molar-refractivity contribution in [3.05, 3.63) is 28.3 Å². The van der Waals surface area contributed by atoms with Crippen LogP contribution >= 0.6 is 0 Å². The predicted octanol–water partition coefficient (Wildman–Crippen LogP) is 1.94. The topological polar surface area (TPSA) is 106 Å². The van der Waals surface area contributed by atoms with Gasteiger partial charge in [-0.25, -0.2) is 0 Å². The zero-order chi connectivity index (χ0) is 18.2. The van der Waals surface area contributed by atoms with Gasteiger partial charge in [-0.3, -0.25) is 0 Å². The standard InChI is InChI=1S/C13H17F3N2O6/c1-9(17)7-22-12-6-10(21-4-5-24-18(19)20)2-3-11(12)23-8-13(14,15)16/h2-3,6,9H,4-5,7-8,17H2,1H3. The lowest BCUT2D eigenvalue weighted by molar-refractivity contribution is -0.757. The Balaban J connectivity index is 2.73. The van der Waals surface area contributed by atoms with Crippen molar-refractivity contribution >= 4 is 0 Å². The Labute approximate surface area is 135 Å². The van der Waals surface area contributed by atoms with Gasteiger partial charge in [0.2, 0.25) is 0 Å². The van der Waals surface area contributed by atoms with Gasteiger partial charge in [0, 0.05) is 12.1 Å². The molecule has 0 fully saturated rings. The molecule has 0 saturated heterocycles. The van der Waals surface area contributed by atoms with E-state index in [2.05, 4.69) is 9.57 Å². The molecule has 2 N–H and O–H groups in total. The number of rotatable bonds is 10. The van der Waals surface area contributed by atoms with Gasteiger partial charge < -0.3 is 24.8 Å². The lowest BCUT2D eigenvalue weighted by atomic mass is 10.3. The van der Waals surface area contributed by atoms with Crippen LogP contribution in [0.15, 0.2) is 18.2 Å². The minimum atomic E-state index is -4.49. The second kappa shape index (κ2) is 9.01. The Morgan fingerprint density at radius 1 is 1.21 bits per heavy atom. The van der Waals surface area contributed by atoms with E-state index < -0.39 is 17.9 Å². The summed E-state index contributed by atoms with van der Waals surface area (Å²) >= 11 is 0. The molecule has 0 heterocycles. The van der Waals surface area contributed by atoms with Crippen LogP contribution in [0.4, 0.5) is 13.2 Å². The maximum atomic E-state index is 12.3. The summed E-state index contributed by atoms with van der Waals surface area (Å²) in [4.78, 5) is 14.1. The molecule has 0 aliphatic heterocycles. The van der Waals surface area contributed by atoms with Crippen LogP contribution in [-0.2, 0) is 4.84 Å². The fourth-order valence-corrected chi connectivity index (χ4v) is 1.46. The van der Waals surface area contributed by atoms with E-state index >= 15 is 0 Å². The fourth-order valence-electron chi connectivity index (χ4n) is 1.46. The molecule has 1 aromatic carbocycles. The Hall–Kier alpha value is -2.43.